The Labute approximate surface area is 229 Å². The van der Waals surface area contributed by atoms with Gasteiger partial charge in [-0.15, -0.1) is 0 Å². The highest BCUT2D eigenvalue weighted by molar-refractivity contribution is 7.86. The Morgan fingerprint density at radius 2 is 1.46 bits per heavy atom. The van der Waals surface area contributed by atoms with Crippen molar-refractivity contribution in [2.45, 2.75) is 26.4 Å². The second-order valence-corrected chi connectivity index (χ2v) is 11.0. The summed E-state index contributed by atoms with van der Waals surface area (Å²) in [5, 5.41) is 10.8. The van der Waals surface area contributed by atoms with Crippen LogP contribution in [0.4, 0.5) is 0 Å². The van der Waals surface area contributed by atoms with Crippen LogP contribution in [0.1, 0.15) is 30.9 Å². The fourth-order valence-corrected chi connectivity index (χ4v) is 4.74. The second kappa shape index (κ2) is 11.7. The summed E-state index contributed by atoms with van der Waals surface area (Å²) in [6.45, 7) is 4.50. The molecule has 0 spiro atoms. The Bertz CT molecular complexity index is 1540. The number of rotatable bonds is 10. The Kier molecular flexibility index (Phi) is 8.35. The first-order valence-corrected chi connectivity index (χ1v) is 14.2. The van der Waals surface area contributed by atoms with Gasteiger partial charge in [0.15, 0.2) is 23.0 Å². The van der Waals surface area contributed by atoms with E-state index in [1.807, 2.05) is 54.6 Å². The number of phenolic OH excluding ortho intramolecular Hbond substituents is 1. The van der Waals surface area contributed by atoms with Crippen LogP contribution in [0.3, 0.4) is 0 Å². The molecule has 0 unspecified atom stereocenters. The SMILES string of the molecule is COc1cc(-c2ccc(C(C)C)cc2)c(OC)c(OS(C)(=O)=O)c1-c1ccc(OCc2ccccc2)c(O)c1. The number of ether oxygens (including phenoxy) is 3. The molecule has 0 amide bonds. The molecule has 0 aliphatic carbocycles. The smallest absolute Gasteiger partial charge is 0.306 e. The topological polar surface area (TPSA) is 91.3 Å². The largest absolute Gasteiger partial charge is 0.504 e. The van der Waals surface area contributed by atoms with E-state index in [4.69, 9.17) is 18.4 Å². The minimum absolute atomic E-state index is 0.0420. The van der Waals surface area contributed by atoms with Gasteiger partial charge in [-0.3, -0.25) is 0 Å². The molecule has 0 bridgehead atoms. The summed E-state index contributed by atoms with van der Waals surface area (Å²) in [7, 11) is -1.03. The van der Waals surface area contributed by atoms with Gasteiger partial charge < -0.3 is 23.5 Å². The average Bonchev–Trinajstić information content (AvgIpc) is 2.91. The Morgan fingerprint density at radius 1 is 0.795 bits per heavy atom. The lowest BCUT2D eigenvalue weighted by Crippen LogP contribution is -2.09. The molecular weight excluding hydrogens is 516 g/mol. The van der Waals surface area contributed by atoms with Crippen molar-refractivity contribution in [3.05, 3.63) is 90.0 Å². The van der Waals surface area contributed by atoms with Gasteiger partial charge in [0.2, 0.25) is 0 Å². The fraction of sp³-hybridized carbons (Fsp3) is 0.226. The highest BCUT2D eigenvalue weighted by Gasteiger charge is 2.27. The molecule has 0 heterocycles. The lowest BCUT2D eigenvalue weighted by Gasteiger charge is -2.21. The lowest BCUT2D eigenvalue weighted by atomic mass is 9.94. The summed E-state index contributed by atoms with van der Waals surface area (Å²) in [5.74, 6) is 1.03. The van der Waals surface area contributed by atoms with E-state index in [2.05, 4.69) is 13.8 Å². The summed E-state index contributed by atoms with van der Waals surface area (Å²) in [6.07, 6.45) is 0.963. The number of phenols is 1. The lowest BCUT2D eigenvalue weighted by molar-refractivity contribution is 0.289. The molecule has 0 aromatic heterocycles. The van der Waals surface area contributed by atoms with Gasteiger partial charge in [0.1, 0.15) is 12.4 Å². The predicted molar refractivity (Wildman–Crippen MR) is 152 cm³/mol. The number of hydrogen-bond donors (Lipinski definition) is 1. The van der Waals surface area contributed by atoms with E-state index in [9.17, 15) is 13.5 Å². The van der Waals surface area contributed by atoms with Gasteiger partial charge in [-0.05, 0) is 46.4 Å². The molecule has 39 heavy (non-hydrogen) atoms. The maximum atomic E-state index is 12.4. The van der Waals surface area contributed by atoms with Crippen molar-refractivity contribution in [1.29, 1.82) is 0 Å². The van der Waals surface area contributed by atoms with Gasteiger partial charge in [-0.25, -0.2) is 0 Å². The van der Waals surface area contributed by atoms with Crippen molar-refractivity contribution < 1.29 is 31.9 Å². The Morgan fingerprint density at radius 3 is 2.03 bits per heavy atom. The van der Waals surface area contributed by atoms with Gasteiger partial charge in [-0.1, -0.05) is 74.5 Å². The zero-order valence-electron chi connectivity index (χ0n) is 22.6. The Hall–Kier alpha value is -4.17. The molecule has 0 saturated heterocycles. The fourth-order valence-electron chi connectivity index (χ4n) is 4.28. The summed E-state index contributed by atoms with van der Waals surface area (Å²) < 4.78 is 47.5. The zero-order valence-corrected chi connectivity index (χ0v) is 23.4. The molecule has 0 aliphatic heterocycles. The van der Waals surface area contributed by atoms with Crippen LogP contribution in [-0.2, 0) is 16.7 Å². The van der Waals surface area contributed by atoms with Gasteiger partial charge in [0.25, 0.3) is 0 Å². The van der Waals surface area contributed by atoms with Crippen molar-refractivity contribution in [2.24, 2.45) is 0 Å². The monoisotopic (exact) mass is 548 g/mol. The molecule has 4 rings (SSSR count). The third-order valence-electron chi connectivity index (χ3n) is 6.23. The zero-order chi connectivity index (χ0) is 28.2. The average molecular weight is 549 g/mol. The second-order valence-electron chi connectivity index (χ2n) is 9.38. The van der Waals surface area contributed by atoms with E-state index in [-0.39, 0.29) is 29.6 Å². The molecule has 0 aliphatic rings. The first-order valence-electron chi connectivity index (χ1n) is 12.4. The molecule has 0 atom stereocenters. The summed E-state index contributed by atoms with van der Waals surface area (Å²) in [5.41, 5.74) is 4.28. The number of methoxy groups -OCH3 is 2. The van der Waals surface area contributed by atoms with Crippen LogP contribution in [0.15, 0.2) is 78.9 Å². The van der Waals surface area contributed by atoms with Crippen LogP contribution in [0.25, 0.3) is 22.3 Å². The normalized spacial score (nSPS) is 11.3. The van der Waals surface area contributed by atoms with Crippen molar-refractivity contribution in [2.75, 3.05) is 20.5 Å². The van der Waals surface area contributed by atoms with Crippen LogP contribution < -0.4 is 18.4 Å². The molecule has 0 saturated carbocycles. The van der Waals surface area contributed by atoms with Crippen molar-refractivity contribution in [3.8, 4) is 51.0 Å². The molecular formula is C31H32O7S. The highest BCUT2D eigenvalue weighted by Crippen LogP contribution is 2.51. The van der Waals surface area contributed by atoms with Crippen LogP contribution in [0.2, 0.25) is 0 Å². The molecule has 4 aromatic rings. The van der Waals surface area contributed by atoms with Crippen LogP contribution in [0, 0.1) is 0 Å². The van der Waals surface area contributed by atoms with E-state index in [1.54, 1.807) is 18.2 Å². The van der Waals surface area contributed by atoms with Crippen LogP contribution >= 0.6 is 0 Å². The molecule has 0 fully saturated rings. The molecule has 204 valence electrons. The molecule has 7 nitrogen and oxygen atoms in total. The molecule has 0 radical (unpaired) electrons. The van der Waals surface area contributed by atoms with Crippen molar-refractivity contribution >= 4 is 10.1 Å². The van der Waals surface area contributed by atoms with E-state index >= 15 is 0 Å². The molecule has 1 N–H and O–H groups in total. The van der Waals surface area contributed by atoms with Crippen LogP contribution in [-0.4, -0.2) is 34.0 Å². The number of benzene rings is 4. The minimum Gasteiger partial charge on any atom is -0.504 e. The van der Waals surface area contributed by atoms with Gasteiger partial charge in [-0.2, -0.15) is 8.42 Å². The van der Waals surface area contributed by atoms with E-state index in [1.165, 1.54) is 25.8 Å². The van der Waals surface area contributed by atoms with Gasteiger partial charge in [0, 0.05) is 5.56 Å². The first kappa shape index (κ1) is 27.9. The van der Waals surface area contributed by atoms with E-state index in [0.29, 0.717) is 28.4 Å². The van der Waals surface area contributed by atoms with E-state index in [0.717, 1.165) is 17.4 Å². The van der Waals surface area contributed by atoms with Gasteiger partial charge in [0.05, 0.1) is 26.0 Å². The molecule has 8 heteroatoms. The predicted octanol–water partition coefficient (Wildman–Crippen LogP) is 6.78. The third kappa shape index (κ3) is 6.46. The van der Waals surface area contributed by atoms with E-state index < -0.39 is 10.1 Å². The van der Waals surface area contributed by atoms with Gasteiger partial charge >= 0.3 is 10.1 Å². The quantitative estimate of drug-likeness (QED) is 0.218. The minimum atomic E-state index is -3.96. The van der Waals surface area contributed by atoms with Crippen LogP contribution in [0.5, 0.6) is 28.7 Å². The van der Waals surface area contributed by atoms with Crippen molar-refractivity contribution in [1.82, 2.24) is 0 Å². The summed E-state index contributed by atoms with van der Waals surface area (Å²) >= 11 is 0. The maximum Gasteiger partial charge on any atom is 0.306 e. The first-order chi connectivity index (χ1) is 18.6. The highest BCUT2D eigenvalue weighted by atomic mass is 32.2. The summed E-state index contributed by atoms with van der Waals surface area (Å²) in [6, 6.07) is 24.1. The Balaban J connectivity index is 1.84. The molecule has 4 aromatic carbocycles. The standard InChI is InChI=1S/C31H32O7S/c1-20(2)22-11-13-23(14-12-22)25-18-28(35-3)29(31(30(25)36-4)38-39(5,33)34)24-15-16-27(26(32)17-24)37-19-21-9-7-6-8-10-21/h6-18,20,32H,19H2,1-5H3. The number of aromatic hydroxyl groups is 1. The summed E-state index contributed by atoms with van der Waals surface area (Å²) in [4.78, 5) is 0. The maximum absolute atomic E-state index is 12.4. The number of hydrogen-bond acceptors (Lipinski definition) is 7. The third-order valence-corrected chi connectivity index (χ3v) is 6.70. The van der Waals surface area contributed by atoms with Crippen molar-refractivity contribution in [3.63, 3.8) is 0 Å².